The molecule has 1 N–H and O–H groups in total. The number of hydrogen-bond acceptors (Lipinski definition) is 3. The van der Waals surface area contributed by atoms with Crippen molar-refractivity contribution in [2.24, 2.45) is 0 Å². The van der Waals surface area contributed by atoms with E-state index in [2.05, 4.69) is 11.4 Å². The first-order valence-corrected chi connectivity index (χ1v) is 8.60. The molecule has 1 aliphatic heterocycles. The molecule has 0 saturated carbocycles. The second kappa shape index (κ2) is 6.24. The highest BCUT2D eigenvalue weighted by Crippen LogP contribution is 2.33. The van der Waals surface area contributed by atoms with Gasteiger partial charge in [0, 0.05) is 5.69 Å². The van der Waals surface area contributed by atoms with Gasteiger partial charge in [0.25, 0.3) is 5.91 Å². The van der Waals surface area contributed by atoms with E-state index in [1.165, 1.54) is 22.4 Å². The van der Waals surface area contributed by atoms with Crippen molar-refractivity contribution in [1.29, 1.82) is 0 Å². The Balaban J connectivity index is 1.51. The number of carbonyl (C=O) groups excluding carboxylic acids is 2. The SMILES string of the molecule is C[C@@H]1Oc2ccccc2N(CC(=O)Nc2ccc3c(c2)CCC3)C1=O. The Morgan fingerprint density at radius 1 is 1.20 bits per heavy atom. The molecule has 0 fully saturated rings. The lowest BCUT2D eigenvalue weighted by Crippen LogP contribution is -2.47. The van der Waals surface area contributed by atoms with E-state index in [0.29, 0.717) is 11.4 Å². The quantitative estimate of drug-likeness (QED) is 0.937. The van der Waals surface area contributed by atoms with Gasteiger partial charge >= 0.3 is 0 Å². The summed E-state index contributed by atoms with van der Waals surface area (Å²) in [5.41, 5.74) is 4.09. The molecule has 4 rings (SSSR count). The number of amides is 2. The second-order valence-corrected chi connectivity index (χ2v) is 6.54. The van der Waals surface area contributed by atoms with Crippen LogP contribution in [0, 0.1) is 0 Å². The van der Waals surface area contributed by atoms with E-state index in [-0.39, 0.29) is 18.4 Å². The van der Waals surface area contributed by atoms with Gasteiger partial charge in [0.05, 0.1) is 5.69 Å². The summed E-state index contributed by atoms with van der Waals surface area (Å²) in [7, 11) is 0. The number of ether oxygens (including phenoxy) is 1. The van der Waals surface area contributed by atoms with Gasteiger partial charge in [0.1, 0.15) is 12.3 Å². The number of rotatable bonds is 3. The average molecular weight is 336 g/mol. The lowest BCUT2D eigenvalue weighted by Gasteiger charge is -2.32. The minimum absolute atomic E-state index is 0.0272. The van der Waals surface area contributed by atoms with Gasteiger partial charge in [-0.25, -0.2) is 0 Å². The van der Waals surface area contributed by atoms with Gasteiger partial charge in [-0.15, -0.1) is 0 Å². The third-order valence-corrected chi connectivity index (χ3v) is 4.76. The normalized spacial score (nSPS) is 18.4. The first kappa shape index (κ1) is 15.7. The van der Waals surface area contributed by atoms with Gasteiger partial charge in [-0.1, -0.05) is 18.2 Å². The molecule has 0 saturated heterocycles. The van der Waals surface area contributed by atoms with Crippen LogP contribution in [-0.2, 0) is 22.4 Å². The lowest BCUT2D eigenvalue weighted by atomic mass is 10.1. The molecule has 5 heteroatoms. The standard InChI is InChI=1S/C20H20N2O3/c1-13-20(24)22(17-7-2-3-8-18(17)25-13)12-19(23)21-16-10-9-14-5-4-6-15(14)11-16/h2-3,7-11,13H,4-6,12H2,1H3,(H,21,23)/t13-/m0/s1. The van der Waals surface area contributed by atoms with Crippen LogP contribution in [0.2, 0.25) is 0 Å². The van der Waals surface area contributed by atoms with Crippen LogP contribution in [0.15, 0.2) is 42.5 Å². The Bertz CT molecular complexity index is 847. The van der Waals surface area contributed by atoms with Crippen molar-refractivity contribution in [2.75, 3.05) is 16.8 Å². The Kier molecular flexibility index (Phi) is 3.92. The molecular weight excluding hydrogens is 316 g/mol. The number of hydrogen-bond donors (Lipinski definition) is 1. The first-order valence-electron chi connectivity index (χ1n) is 8.60. The maximum atomic E-state index is 12.5. The van der Waals surface area contributed by atoms with E-state index in [9.17, 15) is 9.59 Å². The smallest absolute Gasteiger partial charge is 0.268 e. The van der Waals surface area contributed by atoms with Crippen LogP contribution >= 0.6 is 0 Å². The summed E-state index contributed by atoms with van der Waals surface area (Å²) >= 11 is 0. The third kappa shape index (κ3) is 2.97. The molecular formula is C20H20N2O3. The van der Waals surface area contributed by atoms with E-state index in [1.54, 1.807) is 13.0 Å². The third-order valence-electron chi connectivity index (χ3n) is 4.76. The van der Waals surface area contributed by atoms with Crippen molar-refractivity contribution in [3.8, 4) is 5.75 Å². The Hall–Kier alpha value is -2.82. The lowest BCUT2D eigenvalue weighted by molar-refractivity contribution is -0.127. The summed E-state index contributed by atoms with van der Waals surface area (Å²) in [6, 6.07) is 13.3. The Labute approximate surface area is 146 Å². The zero-order chi connectivity index (χ0) is 17.4. The second-order valence-electron chi connectivity index (χ2n) is 6.54. The van der Waals surface area contributed by atoms with Crippen molar-refractivity contribution in [1.82, 2.24) is 0 Å². The van der Waals surface area contributed by atoms with Gasteiger partial charge in [0.2, 0.25) is 5.91 Å². The predicted octanol–water partition coefficient (Wildman–Crippen LogP) is 2.93. The zero-order valence-corrected chi connectivity index (χ0v) is 14.1. The highest BCUT2D eigenvalue weighted by atomic mass is 16.5. The van der Waals surface area contributed by atoms with Gasteiger partial charge in [-0.2, -0.15) is 0 Å². The topological polar surface area (TPSA) is 58.6 Å². The summed E-state index contributed by atoms with van der Waals surface area (Å²) in [5.74, 6) is 0.206. The molecule has 0 unspecified atom stereocenters. The van der Waals surface area contributed by atoms with Crippen LogP contribution in [0.3, 0.4) is 0 Å². The van der Waals surface area contributed by atoms with Crippen LogP contribution in [0.5, 0.6) is 5.75 Å². The molecule has 1 aliphatic carbocycles. The fourth-order valence-corrected chi connectivity index (χ4v) is 3.52. The number of benzene rings is 2. The first-order chi connectivity index (χ1) is 12.1. The highest BCUT2D eigenvalue weighted by Gasteiger charge is 2.32. The monoisotopic (exact) mass is 336 g/mol. The Morgan fingerprint density at radius 3 is 2.88 bits per heavy atom. The number of nitrogens with zero attached hydrogens (tertiary/aromatic N) is 1. The van der Waals surface area contributed by atoms with Gasteiger partial charge in [-0.3, -0.25) is 14.5 Å². The van der Waals surface area contributed by atoms with E-state index in [4.69, 9.17) is 4.74 Å². The number of anilines is 2. The molecule has 5 nitrogen and oxygen atoms in total. The van der Waals surface area contributed by atoms with E-state index in [1.807, 2.05) is 30.3 Å². The van der Waals surface area contributed by atoms with E-state index < -0.39 is 6.10 Å². The summed E-state index contributed by atoms with van der Waals surface area (Å²) in [6.45, 7) is 1.67. The number of para-hydroxylation sites is 2. The summed E-state index contributed by atoms with van der Waals surface area (Å²) in [4.78, 5) is 26.4. The van der Waals surface area contributed by atoms with Crippen LogP contribution in [0.4, 0.5) is 11.4 Å². The highest BCUT2D eigenvalue weighted by molar-refractivity contribution is 6.06. The van der Waals surface area contributed by atoms with E-state index >= 15 is 0 Å². The summed E-state index contributed by atoms with van der Waals surface area (Å²) < 4.78 is 5.60. The fourth-order valence-electron chi connectivity index (χ4n) is 3.52. The van der Waals surface area contributed by atoms with Crippen LogP contribution in [-0.4, -0.2) is 24.5 Å². The van der Waals surface area contributed by atoms with Crippen molar-refractivity contribution in [3.63, 3.8) is 0 Å². The zero-order valence-electron chi connectivity index (χ0n) is 14.1. The number of nitrogens with one attached hydrogen (secondary N) is 1. The molecule has 0 bridgehead atoms. The van der Waals surface area contributed by atoms with Crippen molar-refractivity contribution < 1.29 is 14.3 Å². The van der Waals surface area contributed by atoms with Crippen LogP contribution in [0.25, 0.3) is 0 Å². The number of aryl methyl sites for hydroxylation is 2. The van der Waals surface area contributed by atoms with Crippen LogP contribution in [0.1, 0.15) is 24.5 Å². The molecule has 2 aromatic rings. The van der Waals surface area contributed by atoms with Gasteiger partial charge in [-0.05, 0) is 61.6 Å². The molecule has 2 aromatic carbocycles. The molecule has 1 atom stereocenters. The van der Waals surface area contributed by atoms with Crippen LogP contribution < -0.4 is 15.0 Å². The largest absolute Gasteiger partial charge is 0.479 e. The molecule has 2 amide bonds. The maximum Gasteiger partial charge on any atom is 0.268 e. The molecule has 2 aliphatic rings. The molecule has 1 heterocycles. The maximum absolute atomic E-state index is 12.5. The molecule has 0 spiro atoms. The molecule has 128 valence electrons. The van der Waals surface area contributed by atoms with Gasteiger partial charge < -0.3 is 10.1 Å². The minimum Gasteiger partial charge on any atom is -0.479 e. The molecule has 25 heavy (non-hydrogen) atoms. The fraction of sp³-hybridized carbons (Fsp3) is 0.300. The van der Waals surface area contributed by atoms with Crippen molar-refractivity contribution >= 4 is 23.2 Å². The average Bonchev–Trinajstić information content (AvgIpc) is 3.06. The van der Waals surface area contributed by atoms with Crippen molar-refractivity contribution in [3.05, 3.63) is 53.6 Å². The van der Waals surface area contributed by atoms with Gasteiger partial charge in [0.15, 0.2) is 6.10 Å². The molecule has 0 aromatic heterocycles. The summed E-state index contributed by atoms with van der Waals surface area (Å²) in [5, 5.41) is 2.91. The minimum atomic E-state index is -0.595. The predicted molar refractivity (Wildman–Crippen MR) is 96.0 cm³/mol. The summed E-state index contributed by atoms with van der Waals surface area (Å²) in [6.07, 6.45) is 2.75. The Morgan fingerprint density at radius 2 is 2.00 bits per heavy atom. The van der Waals surface area contributed by atoms with Crippen molar-refractivity contribution in [2.45, 2.75) is 32.3 Å². The number of carbonyl (C=O) groups is 2. The number of fused-ring (bicyclic) bond motifs is 2. The molecule has 0 radical (unpaired) electrons. The van der Waals surface area contributed by atoms with E-state index in [0.717, 1.165) is 18.5 Å².